The van der Waals surface area contributed by atoms with Gasteiger partial charge in [0.2, 0.25) is 5.91 Å². The number of carbonyl (C=O) groups excluding carboxylic acids is 1. The second-order valence-electron chi connectivity index (χ2n) is 4.72. The summed E-state index contributed by atoms with van der Waals surface area (Å²) in [5.41, 5.74) is 0. The molecule has 0 spiro atoms. The Morgan fingerprint density at radius 2 is 1.62 bits per heavy atom. The average molecular weight is 226 g/mol. The zero-order chi connectivity index (χ0) is 11.8. The van der Waals surface area contributed by atoms with E-state index in [0.717, 1.165) is 39.0 Å². The number of nitrogens with zero attached hydrogens (tertiary/aromatic N) is 2. The van der Waals surface area contributed by atoms with Gasteiger partial charge in [-0.25, -0.2) is 0 Å². The van der Waals surface area contributed by atoms with Gasteiger partial charge in [-0.15, -0.1) is 0 Å². The van der Waals surface area contributed by atoms with Crippen molar-refractivity contribution in [1.29, 1.82) is 0 Å². The Bertz CT molecular complexity index is 194. The third-order valence-corrected chi connectivity index (χ3v) is 3.15. The second kappa shape index (κ2) is 7.66. The molecule has 3 heteroatoms. The molecule has 3 nitrogen and oxygen atoms in total. The summed E-state index contributed by atoms with van der Waals surface area (Å²) in [5, 5.41) is 0. The molecule has 1 amide bonds. The summed E-state index contributed by atoms with van der Waals surface area (Å²) in [6, 6.07) is 0. The molecule has 1 aliphatic rings. The van der Waals surface area contributed by atoms with Crippen LogP contribution in [0.2, 0.25) is 0 Å². The number of hydrogen-bond donors (Lipinski definition) is 0. The van der Waals surface area contributed by atoms with Crippen molar-refractivity contribution in [3.63, 3.8) is 0 Å². The van der Waals surface area contributed by atoms with Gasteiger partial charge in [-0.1, -0.05) is 13.8 Å². The monoisotopic (exact) mass is 226 g/mol. The van der Waals surface area contributed by atoms with E-state index < -0.39 is 0 Å². The van der Waals surface area contributed by atoms with Crippen molar-refractivity contribution in [1.82, 2.24) is 9.80 Å². The van der Waals surface area contributed by atoms with E-state index in [1.165, 1.54) is 19.3 Å². The largest absolute Gasteiger partial charge is 0.342 e. The van der Waals surface area contributed by atoms with Gasteiger partial charge in [-0.05, 0) is 45.2 Å². The number of hydrogen-bond acceptors (Lipinski definition) is 2. The van der Waals surface area contributed by atoms with Crippen LogP contribution in [0.3, 0.4) is 0 Å². The van der Waals surface area contributed by atoms with E-state index in [1.807, 2.05) is 4.90 Å². The molecule has 0 radical (unpaired) electrons. The molecule has 1 aliphatic heterocycles. The van der Waals surface area contributed by atoms with Crippen LogP contribution in [0.5, 0.6) is 0 Å². The molecule has 0 N–H and O–H groups in total. The Morgan fingerprint density at radius 1 is 1.06 bits per heavy atom. The van der Waals surface area contributed by atoms with Crippen molar-refractivity contribution in [2.75, 3.05) is 32.7 Å². The van der Waals surface area contributed by atoms with Gasteiger partial charge >= 0.3 is 0 Å². The SMILES string of the molecule is CCCN(CCC)CC(=O)N1CCCCC1. The number of piperidine rings is 1. The Balaban J connectivity index is 2.33. The van der Waals surface area contributed by atoms with Gasteiger partial charge in [0.15, 0.2) is 0 Å². The van der Waals surface area contributed by atoms with Crippen LogP contribution < -0.4 is 0 Å². The first-order valence-electron chi connectivity index (χ1n) is 6.78. The molecule has 1 fully saturated rings. The van der Waals surface area contributed by atoms with Crippen LogP contribution in [-0.4, -0.2) is 48.4 Å². The molecule has 0 aromatic heterocycles. The van der Waals surface area contributed by atoms with Crippen LogP contribution in [0.4, 0.5) is 0 Å². The third kappa shape index (κ3) is 4.52. The van der Waals surface area contributed by atoms with E-state index in [1.54, 1.807) is 0 Å². The molecule has 94 valence electrons. The highest BCUT2D eigenvalue weighted by Crippen LogP contribution is 2.09. The van der Waals surface area contributed by atoms with Gasteiger partial charge in [0.1, 0.15) is 0 Å². The maximum absolute atomic E-state index is 12.0. The summed E-state index contributed by atoms with van der Waals surface area (Å²) in [6.45, 7) is 9.03. The maximum Gasteiger partial charge on any atom is 0.236 e. The molecule has 0 unspecified atom stereocenters. The number of carbonyl (C=O) groups is 1. The van der Waals surface area contributed by atoms with E-state index in [9.17, 15) is 4.79 Å². The quantitative estimate of drug-likeness (QED) is 0.692. The Morgan fingerprint density at radius 3 is 2.12 bits per heavy atom. The fourth-order valence-corrected chi connectivity index (χ4v) is 2.34. The van der Waals surface area contributed by atoms with Crippen LogP contribution >= 0.6 is 0 Å². The maximum atomic E-state index is 12.0. The van der Waals surface area contributed by atoms with Crippen molar-refractivity contribution in [2.24, 2.45) is 0 Å². The first-order chi connectivity index (χ1) is 7.77. The lowest BCUT2D eigenvalue weighted by Crippen LogP contribution is -2.43. The lowest BCUT2D eigenvalue weighted by atomic mass is 10.1. The summed E-state index contributed by atoms with van der Waals surface area (Å²) in [6.07, 6.45) is 5.93. The Kier molecular flexibility index (Phi) is 6.46. The average Bonchev–Trinajstić information content (AvgIpc) is 2.31. The van der Waals surface area contributed by atoms with Crippen molar-refractivity contribution in [2.45, 2.75) is 46.0 Å². The van der Waals surface area contributed by atoms with Crippen LogP contribution in [-0.2, 0) is 4.79 Å². The smallest absolute Gasteiger partial charge is 0.236 e. The van der Waals surface area contributed by atoms with Crippen molar-refractivity contribution < 1.29 is 4.79 Å². The molecule has 0 aliphatic carbocycles. The molecule has 1 rings (SSSR count). The summed E-state index contributed by atoms with van der Waals surface area (Å²) in [7, 11) is 0. The molecule has 16 heavy (non-hydrogen) atoms. The van der Waals surface area contributed by atoms with E-state index >= 15 is 0 Å². The number of amides is 1. The van der Waals surface area contributed by atoms with E-state index in [-0.39, 0.29) is 0 Å². The zero-order valence-corrected chi connectivity index (χ0v) is 10.9. The first kappa shape index (κ1) is 13.5. The van der Waals surface area contributed by atoms with Crippen LogP contribution in [0.25, 0.3) is 0 Å². The number of rotatable bonds is 6. The summed E-state index contributed by atoms with van der Waals surface area (Å²) >= 11 is 0. The molecule has 1 saturated heterocycles. The normalized spacial score (nSPS) is 16.8. The van der Waals surface area contributed by atoms with Crippen molar-refractivity contribution >= 4 is 5.91 Å². The summed E-state index contributed by atoms with van der Waals surface area (Å²) in [5.74, 6) is 0.335. The predicted octanol–water partition coefficient (Wildman–Crippen LogP) is 2.12. The van der Waals surface area contributed by atoms with Crippen LogP contribution in [0.1, 0.15) is 46.0 Å². The highest BCUT2D eigenvalue weighted by Gasteiger charge is 2.18. The van der Waals surface area contributed by atoms with Gasteiger partial charge < -0.3 is 4.90 Å². The molecule has 0 saturated carbocycles. The topological polar surface area (TPSA) is 23.6 Å². The van der Waals surface area contributed by atoms with Gasteiger partial charge in [0.05, 0.1) is 6.54 Å². The minimum atomic E-state index is 0.335. The fourth-order valence-electron chi connectivity index (χ4n) is 2.34. The standard InChI is InChI=1S/C13H26N2O/c1-3-8-14(9-4-2)12-13(16)15-10-6-5-7-11-15/h3-12H2,1-2H3. The Labute approximate surface area is 99.8 Å². The molecule has 0 atom stereocenters. The third-order valence-electron chi connectivity index (χ3n) is 3.15. The molecular formula is C13H26N2O. The highest BCUT2D eigenvalue weighted by molar-refractivity contribution is 5.78. The Hall–Kier alpha value is -0.570. The van der Waals surface area contributed by atoms with E-state index in [4.69, 9.17) is 0 Å². The number of likely N-dealkylation sites (tertiary alicyclic amines) is 1. The molecule has 0 bridgehead atoms. The summed E-state index contributed by atoms with van der Waals surface area (Å²) in [4.78, 5) is 16.4. The van der Waals surface area contributed by atoms with Crippen molar-refractivity contribution in [3.05, 3.63) is 0 Å². The van der Waals surface area contributed by atoms with Gasteiger partial charge in [0.25, 0.3) is 0 Å². The van der Waals surface area contributed by atoms with Gasteiger partial charge in [-0.3, -0.25) is 9.69 Å². The van der Waals surface area contributed by atoms with Gasteiger partial charge in [-0.2, -0.15) is 0 Å². The molecule has 1 heterocycles. The minimum absolute atomic E-state index is 0.335. The zero-order valence-electron chi connectivity index (χ0n) is 10.9. The molecular weight excluding hydrogens is 200 g/mol. The fraction of sp³-hybridized carbons (Fsp3) is 0.923. The lowest BCUT2D eigenvalue weighted by Gasteiger charge is -2.29. The van der Waals surface area contributed by atoms with E-state index in [0.29, 0.717) is 12.5 Å². The first-order valence-corrected chi connectivity index (χ1v) is 6.78. The van der Waals surface area contributed by atoms with Gasteiger partial charge in [0, 0.05) is 13.1 Å². The molecule has 0 aromatic carbocycles. The van der Waals surface area contributed by atoms with Crippen molar-refractivity contribution in [3.8, 4) is 0 Å². The minimum Gasteiger partial charge on any atom is -0.342 e. The highest BCUT2D eigenvalue weighted by atomic mass is 16.2. The second-order valence-corrected chi connectivity index (χ2v) is 4.72. The van der Waals surface area contributed by atoms with Crippen LogP contribution in [0, 0.1) is 0 Å². The summed E-state index contributed by atoms with van der Waals surface area (Å²) < 4.78 is 0. The predicted molar refractivity (Wildman–Crippen MR) is 67.5 cm³/mol. The van der Waals surface area contributed by atoms with Crippen LogP contribution in [0.15, 0.2) is 0 Å². The molecule has 0 aromatic rings. The lowest BCUT2D eigenvalue weighted by molar-refractivity contribution is -0.133. The van der Waals surface area contributed by atoms with E-state index in [2.05, 4.69) is 18.7 Å².